The van der Waals surface area contributed by atoms with Crippen molar-refractivity contribution in [2.24, 2.45) is 4.99 Å². The molecule has 0 bridgehead atoms. The summed E-state index contributed by atoms with van der Waals surface area (Å²) in [6.07, 6.45) is 2.98. The maximum Gasteiger partial charge on any atom is 0.228 e. The molecule has 0 amide bonds. The molecule has 1 unspecified atom stereocenters. The standard InChI is InChI=1S/C19H38N6O.HI/c1-7-20-19(22-16(6)11-10-14-25(8-2)9-3)21-13-12-17-23-18(15(4)5)24-26-17;/h15-16H,7-14H2,1-6H3,(H2,20,21,22);1H. The quantitative estimate of drug-likeness (QED) is 0.264. The number of guanidine groups is 1. The lowest BCUT2D eigenvalue weighted by Crippen LogP contribution is -2.42. The second-order valence-electron chi connectivity index (χ2n) is 6.93. The van der Waals surface area contributed by atoms with Gasteiger partial charge in [0.1, 0.15) is 0 Å². The number of nitrogens with one attached hydrogen (secondary N) is 2. The molecule has 7 nitrogen and oxygen atoms in total. The molecule has 8 heteroatoms. The average Bonchev–Trinajstić information content (AvgIpc) is 3.08. The molecule has 158 valence electrons. The highest BCUT2D eigenvalue weighted by Crippen LogP contribution is 2.09. The Hall–Kier alpha value is -0.900. The normalized spacial score (nSPS) is 13.0. The fourth-order valence-electron chi connectivity index (χ4n) is 2.65. The number of hydrogen-bond acceptors (Lipinski definition) is 5. The molecule has 1 aromatic rings. The van der Waals surface area contributed by atoms with Crippen LogP contribution in [0.25, 0.3) is 0 Å². The van der Waals surface area contributed by atoms with Crippen molar-refractivity contribution >= 4 is 29.9 Å². The van der Waals surface area contributed by atoms with E-state index in [1.807, 2.05) is 0 Å². The number of rotatable bonds is 12. The van der Waals surface area contributed by atoms with Crippen molar-refractivity contribution in [1.29, 1.82) is 0 Å². The van der Waals surface area contributed by atoms with E-state index in [9.17, 15) is 0 Å². The summed E-state index contributed by atoms with van der Waals surface area (Å²) in [6, 6.07) is 0.388. The number of aromatic nitrogens is 2. The molecule has 2 N–H and O–H groups in total. The number of halogens is 1. The van der Waals surface area contributed by atoms with Gasteiger partial charge in [-0.1, -0.05) is 32.9 Å². The summed E-state index contributed by atoms with van der Waals surface area (Å²) in [5.74, 6) is 2.55. The van der Waals surface area contributed by atoms with Crippen LogP contribution >= 0.6 is 24.0 Å². The minimum Gasteiger partial charge on any atom is -0.357 e. The van der Waals surface area contributed by atoms with Gasteiger partial charge >= 0.3 is 0 Å². The van der Waals surface area contributed by atoms with Crippen LogP contribution in [0.4, 0.5) is 0 Å². The lowest BCUT2D eigenvalue weighted by Gasteiger charge is -2.21. The first kappa shape index (κ1) is 26.1. The second-order valence-corrected chi connectivity index (χ2v) is 6.93. The Morgan fingerprint density at radius 1 is 1.19 bits per heavy atom. The molecule has 27 heavy (non-hydrogen) atoms. The molecule has 1 atom stereocenters. The van der Waals surface area contributed by atoms with Crippen LogP contribution in [0.15, 0.2) is 9.52 Å². The van der Waals surface area contributed by atoms with Crippen LogP contribution in [0.3, 0.4) is 0 Å². The summed E-state index contributed by atoms with van der Waals surface area (Å²) in [5.41, 5.74) is 0. The van der Waals surface area contributed by atoms with E-state index in [2.05, 4.69) is 72.2 Å². The number of hydrogen-bond donors (Lipinski definition) is 2. The zero-order valence-corrected chi connectivity index (χ0v) is 20.2. The predicted molar refractivity (Wildman–Crippen MR) is 123 cm³/mol. The second kappa shape index (κ2) is 15.1. The third-order valence-corrected chi connectivity index (χ3v) is 4.33. The summed E-state index contributed by atoms with van der Waals surface area (Å²) in [7, 11) is 0. The predicted octanol–water partition coefficient (Wildman–Crippen LogP) is 3.42. The van der Waals surface area contributed by atoms with E-state index in [1.165, 1.54) is 6.42 Å². The average molecular weight is 494 g/mol. The van der Waals surface area contributed by atoms with Gasteiger partial charge in [-0.2, -0.15) is 4.98 Å². The van der Waals surface area contributed by atoms with Crippen molar-refractivity contribution in [3.8, 4) is 0 Å². The lowest BCUT2D eigenvalue weighted by molar-refractivity contribution is 0.292. The van der Waals surface area contributed by atoms with Crippen LogP contribution in [-0.2, 0) is 6.42 Å². The third kappa shape index (κ3) is 10.9. The topological polar surface area (TPSA) is 78.6 Å². The van der Waals surface area contributed by atoms with E-state index in [1.54, 1.807) is 0 Å². The SMILES string of the molecule is CCNC(=NCCc1nc(C(C)C)no1)NC(C)CCCN(CC)CC.I. The minimum absolute atomic E-state index is 0. The maximum atomic E-state index is 5.27. The minimum atomic E-state index is 0. The summed E-state index contributed by atoms with van der Waals surface area (Å²) in [5, 5.41) is 10.8. The first-order valence-electron chi connectivity index (χ1n) is 10.1. The molecule has 0 aliphatic rings. The van der Waals surface area contributed by atoms with Crippen LogP contribution in [0.2, 0.25) is 0 Å². The van der Waals surface area contributed by atoms with Crippen molar-refractivity contribution in [3.63, 3.8) is 0 Å². The molecule has 0 saturated heterocycles. The summed E-state index contributed by atoms with van der Waals surface area (Å²) < 4.78 is 5.27. The van der Waals surface area contributed by atoms with Gasteiger partial charge in [0.15, 0.2) is 11.8 Å². The summed E-state index contributed by atoms with van der Waals surface area (Å²) in [6.45, 7) is 17.7. The molecule has 0 aliphatic heterocycles. The lowest BCUT2D eigenvalue weighted by atomic mass is 10.2. The van der Waals surface area contributed by atoms with Gasteiger partial charge in [-0.05, 0) is 46.3 Å². The van der Waals surface area contributed by atoms with Crippen LogP contribution in [0, 0.1) is 0 Å². The Morgan fingerprint density at radius 3 is 2.44 bits per heavy atom. The van der Waals surface area contributed by atoms with Gasteiger partial charge in [-0.15, -0.1) is 24.0 Å². The highest BCUT2D eigenvalue weighted by atomic mass is 127. The van der Waals surface area contributed by atoms with Crippen molar-refractivity contribution in [3.05, 3.63) is 11.7 Å². The zero-order chi connectivity index (χ0) is 19.4. The van der Waals surface area contributed by atoms with Crippen molar-refractivity contribution in [2.45, 2.75) is 72.8 Å². The Balaban J connectivity index is 0.00000676. The molecule has 0 fully saturated rings. The molecular formula is C19H39IN6O. The van der Waals surface area contributed by atoms with E-state index in [0.717, 1.165) is 44.4 Å². The first-order valence-corrected chi connectivity index (χ1v) is 10.1. The largest absolute Gasteiger partial charge is 0.357 e. The Bertz CT molecular complexity index is 516. The smallest absolute Gasteiger partial charge is 0.228 e. The van der Waals surface area contributed by atoms with E-state index >= 15 is 0 Å². The van der Waals surface area contributed by atoms with Crippen LogP contribution in [0.1, 0.15) is 72.0 Å². The Labute approximate surface area is 182 Å². The van der Waals surface area contributed by atoms with Crippen LogP contribution in [-0.4, -0.2) is 59.8 Å². The molecule has 0 saturated carbocycles. The van der Waals surface area contributed by atoms with Gasteiger partial charge in [0, 0.05) is 24.9 Å². The first-order chi connectivity index (χ1) is 12.5. The van der Waals surface area contributed by atoms with Gasteiger partial charge in [0.2, 0.25) is 5.89 Å². The van der Waals surface area contributed by atoms with Gasteiger partial charge in [0.25, 0.3) is 0 Å². The molecule has 0 aliphatic carbocycles. The van der Waals surface area contributed by atoms with E-state index in [0.29, 0.717) is 24.9 Å². The highest BCUT2D eigenvalue weighted by molar-refractivity contribution is 14.0. The maximum absolute atomic E-state index is 5.27. The fourth-order valence-corrected chi connectivity index (χ4v) is 2.65. The molecule has 1 rings (SSSR count). The molecular weight excluding hydrogens is 455 g/mol. The van der Waals surface area contributed by atoms with E-state index in [4.69, 9.17) is 4.52 Å². The van der Waals surface area contributed by atoms with Gasteiger partial charge in [-0.3, -0.25) is 4.99 Å². The summed E-state index contributed by atoms with van der Waals surface area (Å²) >= 11 is 0. The molecule has 1 heterocycles. The zero-order valence-electron chi connectivity index (χ0n) is 17.9. The molecule has 0 spiro atoms. The van der Waals surface area contributed by atoms with Crippen LogP contribution in [0.5, 0.6) is 0 Å². The van der Waals surface area contributed by atoms with Gasteiger partial charge < -0.3 is 20.1 Å². The van der Waals surface area contributed by atoms with Crippen molar-refractivity contribution in [2.75, 3.05) is 32.7 Å². The number of nitrogens with zero attached hydrogens (tertiary/aromatic N) is 4. The van der Waals surface area contributed by atoms with E-state index in [-0.39, 0.29) is 29.9 Å². The summed E-state index contributed by atoms with van der Waals surface area (Å²) in [4.78, 5) is 11.5. The Morgan fingerprint density at radius 2 is 1.89 bits per heavy atom. The number of aliphatic imine (C=N–C) groups is 1. The van der Waals surface area contributed by atoms with Crippen LogP contribution < -0.4 is 10.6 Å². The van der Waals surface area contributed by atoms with Crippen molar-refractivity contribution in [1.82, 2.24) is 25.7 Å². The highest BCUT2D eigenvalue weighted by Gasteiger charge is 2.10. The molecule has 0 aromatic carbocycles. The van der Waals surface area contributed by atoms with Crippen molar-refractivity contribution < 1.29 is 4.52 Å². The molecule has 1 aromatic heterocycles. The third-order valence-electron chi connectivity index (χ3n) is 4.33. The fraction of sp³-hybridized carbons (Fsp3) is 0.842. The van der Waals surface area contributed by atoms with Gasteiger partial charge in [0.05, 0.1) is 6.54 Å². The van der Waals surface area contributed by atoms with Gasteiger partial charge in [-0.25, -0.2) is 0 Å². The van der Waals surface area contributed by atoms with E-state index < -0.39 is 0 Å². The monoisotopic (exact) mass is 494 g/mol. The Kier molecular flexibility index (Phi) is 14.6. The molecule has 0 radical (unpaired) electrons.